The zero-order valence-electron chi connectivity index (χ0n) is 17.0. The SMILES string of the molecule is CCC1=CC(=O)N(C2CC2)C(C(=O)NC2CCCCC2)c2[nH]c3ccccc3c21. The minimum atomic E-state index is -0.584. The van der Waals surface area contributed by atoms with Gasteiger partial charge in [0.05, 0.1) is 5.69 Å². The molecular weight excluding hydrogens is 362 g/mol. The van der Waals surface area contributed by atoms with Gasteiger partial charge in [0.1, 0.15) is 0 Å². The maximum atomic E-state index is 13.6. The molecule has 5 rings (SSSR count). The molecule has 1 atom stereocenters. The van der Waals surface area contributed by atoms with E-state index in [4.69, 9.17) is 0 Å². The average Bonchev–Trinajstić information content (AvgIpc) is 3.51. The Bertz CT molecular complexity index is 979. The summed E-state index contributed by atoms with van der Waals surface area (Å²) in [7, 11) is 0. The highest BCUT2D eigenvalue weighted by Gasteiger charge is 2.44. The van der Waals surface area contributed by atoms with Gasteiger partial charge in [-0.3, -0.25) is 9.59 Å². The van der Waals surface area contributed by atoms with E-state index in [1.165, 1.54) is 19.3 Å². The lowest BCUT2D eigenvalue weighted by Crippen LogP contribution is -2.47. The first kappa shape index (κ1) is 18.5. The van der Waals surface area contributed by atoms with Crippen molar-refractivity contribution in [1.82, 2.24) is 15.2 Å². The number of aromatic nitrogens is 1. The van der Waals surface area contributed by atoms with Gasteiger partial charge in [0.2, 0.25) is 11.8 Å². The molecule has 0 saturated heterocycles. The van der Waals surface area contributed by atoms with E-state index in [1.54, 1.807) is 6.08 Å². The molecule has 2 amide bonds. The van der Waals surface area contributed by atoms with Crippen LogP contribution in [0.15, 0.2) is 30.3 Å². The van der Waals surface area contributed by atoms with E-state index in [9.17, 15) is 9.59 Å². The van der Waals surface area contributed by atoms with Crippen LogP contribution in [0.5, 0.6) is 0 Å². The summed E-state index contributed by atoms with van der Waals surface area (Å²) in [5, 5.41) is 4.39. The van der Waals surface area contributed by atoms with Gasteiger partial charge in [0.15, 0.2) is 6.04 Å². The second-order valence-corrected chi connectivity index (χ2v) is 8.71. The molecular formula is C24H29N3O2. The first-order chi connectivity index (χ1) is 14.2. The van der Waals surface area contributed by atoms with Gasteiger partial charge in [0.25, 0.3) is 0 Å². The highest BCUT2D eigenvalue weighted by molar-refractivity contribution is 6.06. The van der Waals surface area contributed by atoms with Gasteiger partial charge in [-0.1, -0.05) is 44.4 Å². The van der Waals surface area contributed by atoms with Gasteiger partial charge in [-0.25, -0.2) is 0 Å². The third kappa shape index (κ3) is 3.26. The number of aromatic amines is 1. The van der Waals surface area contributed by atoms with E-state index >= 15 is 0 Å². The molecule has 1 aromatic heterocycles. The normalized spacial score (nSPS) is 22.9. The number of para-hydroxylation sites is 1. The fourth-order valence-electron chi connectivity index (χ4n) is 5.08. The van der Waals surface area contributed by atoms with Crippen molar-refractivity contribution in [3.05, 3.63) is 41.6 Å². The number of carbonyl (C=O) groups excluding carboxylic acids is 2. The van der Waals surface area contributed by atoms with Gasteiger partial charge < -0.3 is 15.2 Å². The number of H-pyrrole nitrogens is 1. The van der Waals surface area contributed by atoms with Crippen molar-refractivity contribution in [3.63, 3.8) is 0 Å². The topological polar surface area (TPSA) is 65.2 Å². The number of hydrogen-bond donors (Lipinski definition) is 2. The van der Waals surface area contributed by atoms with Crippen molar-refractivity contribution in [1.29, 1.82) is 0 Å². The van der Waals surface area contributed by atoms with E-state index in [1.807, 2.05) is 17.0 Å². The molecule has 2 N–H and O–H groups in total. The minimum absolute atomic E-state index is 0.0261. The van der Waals surface area contributed by atoms with E-state index < -0.39 is 6.04 Å². The third-order valence-corrected chi connectivity index (χ3v) is 6.68. The molecule has 2 aromatic rings. The standard InChI is InChI=1S/C24H29N3O2/c1-2-15-14-20(28)27(17-12-13-17)23(24(29)25-16-8-4-3-5-9-16)22-21(15)18-10-6-7-11-19(18)26-22/h6-7,10-11,14,16-17,23,26H,2-5,8-9,12-13H2,1H3,(H,25,29). The highest BCUT2D eigenvalue weighted by atomic mass is 16.2. The number of fused-ring (bicyclic) bond motifs is 3. The fraction of sp³-hybridized carbons (Fsp3) is 0.500. The zero-order chi connectivity index (χ0) is 20.0. The summed E-state index contributed by atoms with van der Waals surface area (Å²) < 4.78 is 0. The summed E-state index contributed by atoms with van der Waals surface area (Å²) >= 11 is 0. The first-order valence-electron chi connectivity index (χ1n) is 11.1. The molecule has 2 saturated carbocycles. The first-order valence-corrected chi connectivity index (χ1v) is 11.1. The fourth-order valence-corrected chi connectivity index (χ4v) is 5.08. The molecule has 2 aliphatic carbocycles. The van der Waals surface area contributed by atoms with Crippen LogP contribution >= 0.6 is 0 Å². The van der Waals surface area contributed by atoms with Crippen LogP contribution in [0.25, 0.3) is 16.5 Å². The van der Waals surface area contributed by atoms with Gasteiger partial charge in [0, 0.05) is 34.6 Å². The van der Waals surface area contributed by atoms with Gasteiger partial charge >= 0.3 is 0 Å². The Kier molecular flexibility index (Phi) is 4.69. The van der Waals surface area contributed by atoms with Crippen molar-refractivity contribution in [2.45, 2.75) is 76.4 Å². The Balaban J connectivity index is 1.62. The van der Waals surface area contributed by atoms with E-state index in [-0.39, 0.29) is 23.9 Å². The summed E-state index contributed by atoms with van der Waals surface area (Å²) in [6.45, 7) is 2.08. The largest absolute Gasteiger partial charge is 0.356 e. The number of amides is 2. The predicted molar refractivity (Wildman–Crippen MR) is 114 cm³/mol. The van der Waals surface area contributed by atoms with Crippen LogP contribution in [-0.4, -0.2) is 33.8 Å². The third-order valence-electron chi connectivity index (χ3n) is 6.68. The number of benzene rings is 1. The van der Waals surface area contributed by atoms with Crippen molar-refractivity contribution >= 4 is 28.3 Å². The molecule has 0 spiro atoms. The van der Waals surface area contributed by atoms with Crippen LogP contribution in [0.4, 0.5) is 0 Å². The Labute approximate surface area is 171 Å². The second kappa shape index (κ2) is 7.36. The van der Waals surface area contributed by atoms with Crippen molar-refractivity contribution < 1.29 is 9.59 Å². The monoisotopic (exact) mass is 391 g/mol. The summed E-state index contributed by atoms with van der Waals surface area (Å²) in [5.74, 6) is -0.0578. The number of allylic oxidation sites excluding steroid dienone is 1. The predicted octanol–water partition coefficient (Wildman–Crippen LogP) is 4.46. The van der Waals surface area contributed by atoms with Crippen LogP contribution < -0.4 is 5.32 Å². The molecule has 1 aliphatic heterocycles. The molecule has 5 heteroatoms. The highest BCUT2D eigenvalue weighted by Crippen LogP contribution is 2.43. The minimum Gasteiger partial charge on any atom is -0.356 e. The Hall–Kier alpha value is -2.56. The molecule has 5 nitrogen and oxygen atoms in total. The molecule has 2 heterocycles. The lowest BCUT2D eigenvalue weighted by molar-refractivity contribution is -0.138. The molecule has 0 bridgehead atoms. The van der Waals surface area contributed by atoms with Crippen LogP contribution in [0, 0.1) is 0 Å². The van der Waals surface area contributed by atoms with Crippen molar-refractivity contribution in [3.8, 4) is 0 Å². The van der Waals surface area contributed by atoms with E-state index in [0.29, 0.717) is 0 Å². The quantitative estimate of drug-likeness (QED) is 0.808. The Morgan fingerprint density at radius 1 is 1.14 bits per heavy atom. The summed E-state index contributed by atoms with van der Waals surface area (Å²) in [4.78, 5) is 32.2. The molecule has 2 fully saturated rings. The zero-order valence-corrected chi connectivity index (χ0v) is 17.0. The smallest absolute Gasteiger partial charge is 0.249 e. The van der Waals surface area contributed by atoms with Crippen LogP contribution in [0.1, 0.15) is 75.6 Å². The number of nitrogens with one attached hydrogen (secondary N) is 2. The van der Waals surface area contributed by atoms with E-state index in [2.05, 4.69) is 29.4 Å². The lowest BCUT2D eigenvalue weighted by Gasteiger charge is -2.31. The van der Waals surface area contributed by atoms with Crippen LogP contribution in [-0.2, 0) is 9.59 Å². The Morgan fingerprint density at radius 2 is 1.90 bits per heavy atom. The second-order valence-electron chi connectivity index (χ2n) is 8.71. The summed E-state index contributed by atoms with van der Waals surface area (Å²) in [6, 6.07) is 7.97. The number of rotatable bonds is 4. The van der Waals surface area contributed by atoms with Crippen LogP contribution in [0.2, 0.25) is 0 Å². The van der Waals surface area contributed by atoms with Gasteiger partial charge in [-0.2, -0.15) is 0 Å². The maximum Gasteiger partial charge on any atom is 0.249 e. The van der Waals surface area contributed by atoms with Crippen LogP contribution in [0.3, 0.4) is 0 Å². The molecule has 0 radical (unpaired) electrons. The maximum absolute atomic E-state index is 13.6. The van der Waals surface area contributed by atoms with E-state index in [0.717, 1.165) is 59.8 Å². The summed E-state index contributed by atoms with van der Waals surface area (Å²) in [5.41, 5.74) is 3.97. The van der Waals surface area contributed by atoms with Crippen molar-refractivity contribution in [2.24, 2.45) is 0 Å². The molecule has 29 heavy (non-hydrogen) atoms. The summed E-state index contributed by atoms with van der Waals surface area (Å²) in [6.07, 6.45) is 10.1. The van der Waals surface area contributed by atoms with Gasteiger partial charge in [-0.15, -0.1) is 0 Å². The Morgan fingerprint density at radius 3 is 2.62 bits per heavy atom. The lowest BCUT2D eigenvalue weighted by atomic mass is 9.94. The number of nitrogens with zero attached hydrogens (tertiary/aromatic N) is 1. The van der Waals surface area contributed by atoms with Gasteiger partial charge in [-0.05, 0) is 43.7 Å². The molecule has 152 valence electrons. The van der Waals surface area contributed by atoms with Crippen molar-refractivity contribution in [2.75, 3.05) is 0 Å². The number of hydrogen-bond acceptors (Lipinski definition) is 2. The molecule has 1 aromatic carbocycles. The number of carbonyl (C=O) groups is 2. The molecule has 1 unspecified atom stereocenters. The molecule has 3 aliphatic rings. The average molecular weight is 392 g/mol.